The van der Waals surface area contributed by atoms with Crippen LogP contribution >= 0.6 is 0 Å². The molecule has 0 aliphatic carbocycles. The number of amides is 1. The summed E-state index contributed by atoms with van der Waals surface area (Å²) >= 11 is 0. The molecule has 2 N–H and O–H groups in total. The minimum absolute atomic E-state index is 0.0116. The summed E-state index contributed by atoms with van der Waals surface area (Å²) in [5.74, 6) is 0.472. The summed E-state index contributed by atoms with van der Waals surface area (Å²) in [7, 11) is 3.81. The fourth-order valence-electron chi connectivity index (χ4n) is 2.98. The van der Waals surface area contributed by atoms with E-state index in [1.54, 1.807) is 11.1 Å². The molecule has 0 spiro atoms. The number of hydrogen-bond acceptors (Lipinski definition) is 5. The fraction of sp³-hybridized carbons (Fsp3) is 0.375. The van der Waals surface area contributed by atoms with E-state index in [-0.39, 0.29) is 17.6 Å². The van der Waals surface area contributed by atoms with Crippen molar-refractivity contribution >= 4 is 11.7 Å². The average molecular weight is 329 g/mol. The molecule has 2 aromatic rings. The van der Waals surface area contributed by atoms with Crippen LogP contribution in [0.15, 0.2) is 34.0 Å². The number of carbonyl (C=O) groups excluding carboxylic acids is 1. The number of rotatable bonds is 3. The zero-order chi connectivity index (χ0) is 17.3. The van der Waals surface area contributed by atoms with Gasteiger partial charge in [-0.1, -0.05) is 0 Å². The van der Waals surface area contributed by atoms with Gasteiger partial charge >= 0.3 is 5.69 Å². The minimum atomic E-state index is -0.680. The van der Waals surface area contributed by atoms with E-state index < -0.39 is 11.2 Å². The number of aromatic nitrogens is 3. The van der Waals surface area contributed by atoms with Crippen molar-refractivity contribution in [2.24, 2.45) is 0 Å². The number of hydrogen-bond donors (Lipinski definition) is 2. The molecule has 0 saturated carbocycles. The van der Waals surface area contributed by atoms with E-state index in [0.29, 0.717) is 6.54 Å². The number of nitrogens with zero attached hydrogens (tertiary/aromatic N) is 3. The normalized spacial score (nSPS) is 17.1. The average Bonchev–Trinajstić information content (AvgIpc) is 3.03. The maximum atomic E-state index is 12.7. The second-order valence-electron chi connectivity index (χ2n) is 6.00. The van der Waals surface area contributed by atoms with Crippen LogP contribution in [0.5, 0.6) is 0 Å². The minimum Gasteiger partial charge on any atom is -0.363 e. The fourth-order valence-corrected chi connectivity index (χ4v) is 2.98. The maximum absolute atomic E-state index is 12.7. The molecule has 0 unspecified atom stereocenters. The molecule has 24 heavy (non-hydrogen) atoms. The summed E-state index contributed by atoms with van der Waals surface area (Å²) in [5, 5.41) is 0. The lowest BCUT2D eigenvalue weighted by Crippen LogP contribution is -2.34. The molecule has 0 bridgehead atoms. The third kappa shape index (κ3) is 3.08. The van der Waals surface area contributed by atoms with E-state index in [1.807, 2.05) is 31.1 Å². The lowest BCUT2D eigenvalue weighted by molar-refractivity contribution is 0.0729. The summed E-state index contributed by atoms with van der Waals surface area (Å²) in [6.45, 7) is 0.581. The van der Waals surface area contributed by atoms with Gasteiger partial charge in [-0.15, -0.1) is 0 Å². The van der Waals surface area contributed by atoms with Crippen LogP contribution in [0.1, 0.15) is 34.9 Å². The van der Waals surface area contributed by atoms with Crippen LogP contribution in [0.4, 0.5) is 5.82 Å². The molecule has 3 heterocycles. The van der Waals surface area contributed by atoms with Crippen molar-refractivity contribution in [2.75, 3.05) is 25.5 Å². The lowest BCUT2D eigenvalue weighted by atomic mass is 10.1. The molecule has 1 atom stereocenters. The molecular formula is C16H19N5O3. The number of carbonyl (C=O) groups is 1. The summed E-state index contributed by atoms with van der Waals surface area (Å²) in [4.78, 5) is 47.9. The van der Waals surface area contributed by atoms with Crippen molar-refractivity contribution in [3.8, 4) is 0 Å². The van der Waals surface area contributed by atoms with Gasteiger partial charge in [-0.25, -0.2) is 9.78 Å². The highest BCUT2D eigenvalue weighted by Gasteiger charge is 2.31. The Labute approximate surface area is 138 Å². The molecule has 3 rings (SSSR count). The lowest BCUT2D eigenvalue weighted by Gasteiger charge is -2.25. The molecule has 1 aliphatic heterocycles. The summed E-state index contributed by atoms with van der Waals surface area (Å²) < 4.78 is 0. The summed E-state index contributed by atoms with van der Waals surface area (Å²) in [6.07, 6.45) is 3.42. The summed E-state index contributed by atoms with van der Waals surface area (Å²) in [6, 6.07) is 4.87. The zero-order valence-electron chi connectivity index (χ0n) is 13.6. The molecule has 8 nitrogen and oxygen atoms in total. The highest BCUT2D eigenvalue weighted by atomic mass is 16.2. The third-order valence-electron chi connectivity index (χ3n) is 4.12. The van der Waals surface area contributed by atoms with Crippen molar-refractivity contribution in [1.29, 1.82) is 0 Å². The van der Waals surface area contributed by atoms with E-state index >= 15 is 0 Å². The van der Waals surface area contributed by atoms with Crippen molar-refractivity contribution in [2.45, 2.75) is 18.9 Å². The number of H-pyrrole nitrogens is 2. The van der Waals surface area contributed by atoms with Crippen LogP contribution in [0.3, 0.4) is 0 Å². The van der Waals surface area contributed by atoms with E-state index in [1.165, 1.54) is 0 Å². The van der Waals surface area contributed by atoms with Gasteiger partial charge < -0.3 is 14.8 Å². The van der Waals surface area contributed by atoms with E-state index in [2.05, 4.69) is 15.0 Å². The first-order chi connectivity index (χ1) is 11.5. The second kappa shape index (κ2) is 6.31. The summed E-state index contributed by atoms with van der Waals surface area (Å²) in [5.41, 5.74) is -0.263. The van der Waals surface area contributed by atoms with Gasteiger partial charge in [0.05, 0.1) is 6.04 Å². The van der Waals surface area contributed by atoms with Crippen LogP contribution in [-0.2, 0) is 0 Å². The Hall–Kier alpha value is -2.90. The molecule has 1 saturated heterocycles. The van der Waals surface area contributed by atoms with Crippen LogP contribution < -0.4 is 16.1 Å². The predicted octanol–water partition coefficient (Wildman–Crippen LogP) is 0.501. The first-order valence-electron chi connectivity index (χ1n) is 7.73. The first kappa shape index (κ1) is 16.0. The first-order valence-corrected chi connectivity index (χ1v) is 7.73. The van der Waals surface area contributed by atoms with Gasteiger partial charge in [-0.2, -0.15) is 0 Å². The van der Waals surface area contributed by atoms with Crippen LogP contribution in [0.25, 0.3) is 0 Å². The van der Waals surface area contributed by atoms with Crippen molar-refractivity contribution in [3.05, 3.63) is 56.5 Å². The van der Waals surface area contributed by atoms with Gasteiger partial charge in [0.1, 0.15) is 11.5 Å². The standard InChI is InChI=1S/C16H19N5O3/c1-20(2)13-8-10(5-6-17-13)12-4-3-7-21(12)15(23)11-9-14(22)19-16(24)18-11/h5-6,8-9,12H,3-4,7H2,1-2H3,(H2,18,19,22,24)/t12-/m1/s1. The van der Waals surface area contributed by atoms with E-state index in [0.717, 1.165) is 30.3 Å². The number of anilines is 1. The Morgan fingerprint density at radius 3 is 2.79 bits per heavy atom. The number of likely N-dealkylation sites (tertiary alicyclic amines) is 1. The Balaban J connectivity index is 1.93. The number of pyridine rings is 1. The molecule has 8 heteroatoms. The van der Waals surface area contributed by atoms with Crippen molar-refractivity contribution in [1.82, 2.24) is 19.9 Å². The predicted molar refractivity (Wildman–Crippen MR) is 89.3 cm³/mol. The van der Waals surface area contributed by atoms with Crippen molar-refractivity contribution in [3.63, 3.8) is 0 Å². The zero-order valence-corrected chi connectivity index (χ0v) is 13.6. The smallest absolute Gasteiger partial charge is 0.326 e. The maximum Gasteiger partial charge on any atom is 0.326 e. The molecule has 1 aliphatic rings. The molecule has 126 valence electrons. The third-order valence-corrected chi connectivity index (χ3v) is 4.12. The van der Waals surface area contributed by atoms with Crippen LogP contribution in [0, 0.1) is 0 Å². The molecular weight excluding hydrogens is 310 g/mol. The molecule has 0 radical (unpaired) electrons. The molecule has 1 fully saturated rings. The van der Waals surface area contributed by atoms with E-state index in [4.69, 9.17) is 0 Å². The quantitative estimate of drug-likeness (QED) is 0.854. The Bertz CT molecular complexity index is 842. The molecule has 1 amide bonds. The largest absolute Gasteiger partial charge is 0.363 e. The monoisotopic (exact) mass is 329 g/mol. The highest BCUT2D eigenvalue weighted by molar-refractivity contribution is 5.92. The van der Waals surface area contributed by atoms with Gasteiger partial charge in [-0.3, -0.25) is 14.6 Å². The Kier molecular flexibility index (Phi) is 4.20. The Morgan fingerprint density at radius 2 is 2.08 bits per heavy atom. The molecule has 2 aromatic heterocycles. The van der Waals surface area contributed by atoms with Crippen LogP contribution in [0.2, 0.25) is 0 Å². The van der Waals surface area contributed by atoms with Crippen LogP contribution in [-0.4, -0.2) is 46.4 Å². The van der Waals surface area contributed by atoms with Crippen molar-refractivity contribution < 1.29 is 4.79 Å². The van der Waals surface area contributed by atoms with Gasteiger partial charge in [0.2, 0.25) is 0 Å². The van der Waals surface area contributed by atoms with Gasteiger partial charge in [0, 0.05) is 32.9 Å². The Morgan fingerprint density at radius 1 is 1.29 bits per heavy atom. The number of nitrogens with one attached hydrogen (secondary N) is 2. The van der Waals surface area contributed by atoms with Gasteiger partial charge in [-0.05, 0) is 30.5 Å². The molecule has 0 aromatic carbocycles. The SMILES string of the molecule is CN(C)c1cc([C@H]2CCCN2C(=O)c2cc(=O)[nH]c(=O)[nH]2)ccn1. The van der Waals surface area contributed by atoms with Gasteiger partial charge in [0.15, 0.2) is 0 Å². The highest BCUT2D eigenvalue weighted by Crippen LogP contribution is 2.33. The number of aromatic amines is 2. The van der Waals surface area contributed by atoms with E-state index in [9.17, 15) is 14.4 Å². The topological polar surface area (TPSA) is 102 Å². The second-order valence-corrected chi connectivity index (χ2v) is 6.00. The van der Waals surface area contributed by atoms with Gasteiger partial charge in [0.25, 0.3) is 11.5 Å².